The smallest absolute Gasteiger partial charge is 0.410 e. The van der Waals surface area contributed by atoms with E-state index in [1.54, 1.807) is 27.7 Å². The first-order valence-corrected chi connectivity index (χ1v) is 13.4. The summed E-state index contributed by atoms with van der Waals surface area (Å²) in [6.07, 6.45) is -0.629. The number of nitrogens with zero attached hydrogens (tertiary/aromatic N) is 3. The molecule has 0 unspecified atom stereocenters. The van der Waals surface area contributed by atoms with E-state index in [9.17, 15) is 18.0 Å². The highest BCUT2D eigenvalue weighted by Gasteiger charge is 2.58. The zero-order chi connectivity index (χ0) is 29.3. The molecule has 0 bridgehead atoms. The summed E-state index contributed by atoms with van der Waals surface area (Å²) < 4.78 is 89.1. The molecule has 1 fully saturated rings. The van der Waals surface area contributed by atoms with Crippen LogP contribution < -0.4 is 4.72 Å². The van der Waals surface area contributed by atoms with Crippen molar-refractivity contribution >= 4 is 22.3 Å². The van der Waals surface area contributed by atoms with Gasteiger partial charge in [-0.3, -0.25) is 4.90 Å². The summed E-state index contributed by atoms with van der Waals surface area (Å²) in [4.78, 5) is 29.5. The first-order valence-electron chi connectivity index (χ1n) is 11.9. The average Bonchev–Trinajstić information content (AvgIpc) is 3.38. The maximum Gasteiger partial charge on any atom is 0.410 e. The first-order chi connectivity index (χ1) is 18.0. The molecule has 1 aromatic heterocycles. The van der Waals surface area contributed by atoms with Gasteiger partial charge in [-0.15, -0.1) is 0 Å². The van der Waals surface area contributed by atoms with E-state index in [1.807, 2.05) is 4.72 Å². The summed E-state index contributed by atoms with van der Waals surface area (Å²) in [6.45, 7) is 5.17. The highest BCUT2D eigenvalue weighted by Crippen LogP contribution is 2.37. The molecule has 3 rings (SSSR count). The van der Waals surface area contributed by atoms with Gasteiger partial charge >= 0.3 is 12.1 Å². The minimum absolute atomic E-state index is 0.0871. The van der Waals surface area contributed by atoms with E-state index in [1.165, 1.54) is 18.2 Å². The van der Waals surface area contributed by atoms with Crippen molar-refractivity contribution in [1.29, 1.82) is 0 Å². The van der Waals surface area contributed by atoms with Crippen LogP contribution in [0.2, 0.25) is 0 Å². The largest absolute Gasteiger partial charge is 0.461 e. The molecule has 0 aliphatic carbocycles. The number of benzene rings is 1. The second-order valence-corrected chi connectivity index (χ2v) is 12.0. The number of halogens is 3. The van der Waals surface area contributed by atoms with Crippen LogP contribution in [0, 0.1) is 5.82 Å². The number of esters is 1. The van der Waals surface area contributed by atoms with Crippen LogP contribution in [0.15, 0.2) is 28.9 Å². The Kier molecular flexibility index (Phi) is 8.67. The molecule has 1 N–H and O–H groups in total. The van der Waals surface area contributed by atoms with Gasteiger partial charge in [0.2, 0.25) is 5.89 Å². The van der Waals surface area contributed by atoms with Crippen LogP contribution in [-0.4, -0.2) is 85.5 Å². The van der Waals surface area contributed by atoms with Crippen molar-refractivity contribution in [2.75, 3.05) is 27.2 Å². The molecular weight excluding hydrogens is 545 g/mol. The maximum absolute atomic E-state index is 15.7. The molecule has 0 saturated carbocycles. The molecule has 1 amide bonds. The number of carbonyl (C=O) groups excluding carboxylic acids is 2. The Bertz CT molecular complexity index is 1330. The first kappa shape index (κ1) is 30.4. The lowest BCUT2D eigenvalue weighted by Crippen LogP contribution is -2.55. The third kappa shape index (κ3) is 6.89. The fourth-order valence-corrected chi connectivity index (χ4v) is 4.77. The van der Waals surface area contributed by atoms with Gasteiger partial charge in [-0.2, -0.15) is 17.4 Å². The van der Waals surface area contributed by atoms with Crippen molar-refractivity contribution in [2.45, 2.75) is 57.7 Å². The molecule has 2 aromatic rings. The van der Waals surface area contributed by atoms with E-state index in [-0.39, 0.29) is 29.3 Å². The van der Waals surface area contributed by atoms with E-state index >= 15 is 13.2 Å². The third-order valence-corrected chi connectivity index (χ3v) is 7.25. The number of hydrogen-bond acceptors (Lipinski definition) is 8. The van der Waals surface area contributed by atoms with Gasteiger partial charge in [0.1, 0.15) is 23.7 Å². The molecule has 0 spiro atoms. The number of rotatable bonds is 8. The van der Waals surface area contributed by atoms with Gasteiger partial charge in [0, 0.05) is 14.1 Å². The van der Waals surface area contributed by atoms with Crippen LogP contribution in [0.1, 0.15) is 43.7 Å². The van der Waals surface area contributed by atoms with Crippen molar-refractivity contribution in [2.24, 2.45) is 0 Å². The van der Waals surface area contributed by atoms with Gasteiger partial charge < -0.3 is 13.9 Å². The molecule has 39 heavy (non-hydrogen) atoms. The minimum Gasteiger partial charge on any atom is -0.461 e. The van der Waals surface area contributed by atoms with Crippen molar-refractivity contribution in [3.8, 4) is 11.5 Å². The number of likely N-dealkylation sites (tertiary alicyclic amines) is 1. The molecule has 15 heteroatoms. The van der Waals surface area contributed by atoms with Gasteiger partial charge in [0.05, 0.1) is 24.8 Å². The molecule has 1 aliphatic heterocycles. The van der Waals surface area contributed by atoms with E-state index in [0.717, 1.165) is 20.4 Å². The van der Waals surface area contributed by atoms with Crippen LogP contribution in [0.3, 0.4) is 0 Å². The summed E-state index contributed by atoms with van der Waals surface area (Å²) in [5, 5.41) is 0. The fourth-order valence-electron chi connectivity index (χ4n) is 3.91. The summed E-state index contributed by atoms with van der Waals surface area (Å²) >= 11 is 0. The molecule has 11 nitrogen and oxygen atoms in total. The summed E-state index contributed by atoms with van der Waals surface area (Å²) in [5.74, 6) is -5.66. The Morgan fingerprint density at radius 2 is 1.95 bits per heavy atom. The van der Waals surface area contributed by atoms with Gasteiger partial charge in [-0.1, -0.05) is 12.1 Å². The van der Waals surface area contributed by atoms with Crippen LogP contribution in [0.4, 0.5) is 18.0 Å². The number of hydrogen-bond donors (Lipinski definition) is 1. The second-order valence-electron chi connectivity index (χ2n) is 10.1. The van der Waals surface area contributed by atoms with Gasteiger partial charge in [-0.25, -0.2) is 27.7 Å². The lowest BCUT2D eigenvalue weighted by atomic mass is 9.97. The number of amides is 1. The SMILES string of the molecule is CCOC(=O)c1coc(-c2cccc(C[C@H]3[C@@H](NS(=O)(=O)N(C)C)C(F)(F)CN3C(=O)OC(C)(C)C)c2F)n1. The second kappa shape index (κ2) is 11.1. The lowest BCUT2D eigenvalue weighted by Gasteiger charge is -2.31. The predicted molar refractivity (Wildman–Crippen MR) is 133 cm³/mol. The highest BCUT2D eigenvalue weighted by molar-refractivity contribution is 7.87. The number of alkyl halides is 2. The summed E-state index contributed by atoms with van der Waals surface area (Å²) in [5.41, 5.74) is -1.54. The molecule has 2 atom stereocenters. The third-order valence-electron chi connectivity index (χ3n) is 5.73. The van der Waals surface area contributed by atoms with Crippen molar-refractivity contribution in [3.05, 3.63) is 41.5 Å². The molecule has 2 heterocycles. The minimum atomic E-state index is -4.37. The van der Waals surface area contributed by atoms with Crippen molar-refractivity contribution in [3.63, 3.8) is 0 Å². The normalized spacial score (nSPS) is 19.4. The Hall–Kier alpha value is -3.17. The lowest BCUT2D eigenvalue weighted by molar-refractivity contribution is -0.0125. The quantitative estimate of drug-likeness (QED) is 0.474. The zero-order valence-corrected chi connectivity index (χ0v) is 23.1. The molecule has 1 saturated heterocycles. The summed E-state index contributed by atoms with van der Waals surface area (Å²) in [6, 6.07) is 0.383. The number of nitrogens with one attached hydrogen (secondary N) is 1. The highest BCUT2D eigenvalue weighted by atomic mass is 32.2. The number of oxazole rings is 1. The van der Waals surface area contributed by atoms with Crippen LogP contribution in [0.5, 0.6) is 0 Å². The molecule has 216 valence electrons. The van der Waals surface area contributed by atoms with E-state index in [0.29, 0.717) is 9.21 Å². The van der Waals surface area contributed by atoms with E-state index < -0.39 is 64.7 Å². The summed E-state index contributed by atoms with van der Waals surface area (Å²) in [7, 11) is -2.07. The predicted octanol–water partition coefficient (Wildman–Crippen LogP) is 3.22. The average molecular weight is 577 g/mol. The van der Waals surface area contributed by atoms with E-state index in [2.05, 4.69) is 4.98 Å². The fraction of sp³-hybridized carbons (Fsp3) is 0.542. The molecule has 1 aromatic carbocycles. The number of ether oxygens (including phenoxy) is 2. The van der Waals surface area contributed by atoms with Gasteiger partial charge in [0.15, 0.2) is 5.69 Å². The number of aromatic nitrogens is 1. The Morgan fingerprint density at radius 1 is 1.28 bits per heavy atom. The van der Waals surface area contributed by atoms with Crippen LogP contribution >= 0.6 is 0 Å². The van der Waals surface area contributed by atoms with E-state index in [4.69, 9.17) is 13.9 Å². The Balaban J connectivity index is 2.02. The maximum atomic E-state index is 15.7. The molecular formula is C24H31F3N4O7S. The Morgan fingerprint density at radius 3 is 2.54 bits per heavy atom. The van der Waals surface area contributed by atoms with Crippen molar-refractivity contribution < 1.29 is 45.1 Å². The van der Waals surface area contributed by atoms with Gasteiger partial charge in [-0.05, 0) is 45.7 Å². The molecule has 1 aliphatic rings. The number of carbonyl (C=O) groups is 2. The monoisotopic (exact) mass is 576 g/mol. The van der Waals surface area contributed by atoms with Crippen LogP contribution in [0.25, 0.3) is 11.5 Å². The topological polar surface area (TPSA) is 131 Å². The van der Waals surface area contributed by atoms with Gasteiger partial charge in [0.25, 0.3) is 16.1 Å². The van der Waals surface area contributed by atoms with Crippen LogP contribution in [-0.2, 0) is 26.1 Å². The Labute approximate surface area is 224 Å². The standard InChI is InChI=1S/C24H31F3N4O7S/c1-7-36-21(32)16-12-37-20(28-16)15-10-8-9-14(18(15)25)11-17-19(29-39(34,35)30(5)6)24(26,27)13-31(17)22(33)38-23(2,3)4/h8-10,12,17,19,29H,7,11,13H2,1-6H3/t17-,19+/m0/s1. The molecule has 0 radical (unpaired) electrons. The van der Waals surface area contributed by atoms with Crippen molar-refractivity contribution in [1.82, 2.24) is 18.9 Å². The zero-order valence-electron chi connectivity index (χ0n) is 22.3.